The topological polar surface area (TPSA) is 69.6 Å². The predicted molar refractivity (Wildman–Crippen MR) is 102 cm³/mol. The number of thioether (sulfide) groups is 1. The van der Waals surface area contributed by atoms with Crippen molar-refractivity contribution in [3.05, 3.63) is 54.0 Å². The van der Waals surface area contributed by atoms with Gasteiger partial charge in [-0.15, -0.1) is 0 Å². The van der Waals surface area contributed by atoms with Crippen molar-refractivity contribution in [2.45, 2.75) is 37.0 Å². The number of pyridine rings is 1. The van der Waals surface area contributed by atoms with E-state index in [1.165, 1.54) is 17.8 Å². The Hall–Kier alpha value is -2.88. The van der Waals surface area contributed by atoms with E-state index in [-0.39, 0.29) is 0 Å². The zero-order valence-corrected chi connectivity index (χ0v) is 16.2. The van der Waals surface area contributed by atoms with Crippen LogP contribution in [0.1, 0.15) is 24.8 Å². The normalized spacial score (nSPS) is 12.0. The fourth-order valence-corrected chi connectivity index (χ4v) is 3.74. The van der Waals surface area contributed by atoms with Gasteiger partial charge in [0, 0.05) is 12.7 Å². The number of aromatic nitrogens is 5. The molecule has 0 aliphatic rings. The van der Waals surface area contributed by atoms with E-state index in [0.717, 1.165) is 18.6 Å². The third-order valence-electron chi connectivity index (χ3n) is 4.17. The van der Waals surface area contributed by atoms with Gasteiger partial charge < -0.3 is 9.09 Å². The van der Waals surface area contributed by atoms with E-state index in [0.29, 0.717) is 45.9 Å². The molecule has 0 spiro atoms. The summed E-state index contributed by atoms with van der Waals surface area (Å²) < 4.78 is 46.3. The van der Waals surface area contributed by atoms with E-state index in [1.54, 1.807) is 22.9 Å². The second-order valence-corrected chi connectivity index (χ2v) is 7.21. The number of fused-ring (bicyclic) bond motifs is 1. The van der Waals surface area contributed by atoms with Crippen LogP contribution in [-0.2, 0) is 18.5 Å². The van der Waals surface area contributed by atoms with Crippen LogP contribution in [0.5, 0.6) is 0 Å². The third kappa shape index (κ3) is 4.12. The average molecular weight is 419 g/mol. The van der Waals surface area contributed by atoms with Crippen molar-refractivity contribution in [3.8, 4) is 11.5 Å². The van der Waals surface area contributed by atoms with Gasteiger partial charge in [0.1, 0.15) is 5.69 Å². The largest absolute Gasteiger partial charge is 0.416 e. The molecule has 1 aromatic carbocycles. The Labute approximate surface area is 168 Å². The van der Waals surface area contributed by atoms with Gasteiger partial charge in [0.2, 0.25) is 11.7 Å². The van der Waals surface area contributed by atoms with Crippen LogP contribution >= 0.6 is 11.8 Å². The van der Waals surface area contributed by atoms with Gasteiger partial charge in [0.25, 0.3) is 0 Å². The lowest BCUT2D eigenvalue weighted by molar-refractivity contribution is -0.137. The fourth-order valence-electron chi connectivity index (χ4n) is 2.87. The molecule has 0 amide bonds. The Morgan fingerprint density at radius 1 is 1.14 bits per heavy atom. The number of aryl methyl sites for hydroxylation is 1. The lowest BCUT2D eigenvalue weighted by Crippen LogP contribution is -2.05. The minimum absolute atomic E-state index is 0.346. The molecule has 0 unspecified atom stereocenters. The summed E-state index contributed by atoms with van der Waals surface area (Å²) in [5, 5.41) is 4.53. The molecule has 0 bridgehead atoms. The monoisotopic (exact) mass is 419 g/mol. The minimum atomic E-state index is -4.39. The number of alkyl halides is 3. The molecule has 0 saturated carbocycles. The van der Waals surface area contributed by atoms with E-state index in [4.69, 9.17) is 4.52 Å². The lowest BCUT2D eigenvalue weighted by Gasteiger charge is -2.09. The van der Waals surface area contributed by atoms with E-state index in [1.807, 2.05) is 13.0 Å². The summed E-state index contributed by atoms with van der Waals surface area (Å²) in [7, 11) is 0. The van der Waals surface area contributed by atoms with Crippen LogP contribution in [0, 0.1) is 0 Å². The highest BCUT2D eigenvalue weighted by molar-refractivity contribution is 7.98. The van der Waals surface area contributed by atoms with Crippen LogP contribution in [0.3, 0.4) is 0 Å². The Morgan fingerprint density at radius 2 is 2.00 bits per heavy atom. The van der Waals surface area contributed by atoms with Gasteiger partial charge in [0.05, 0.1) is 22.3 Å². The van der Waals surface area contributed by atoms with Crippen molar-refractivity contribution in [1.82, 2.24) is 24.7 Å². The van der Waals surface area contributed by atoms with Crippen LogP contribution in [0.25, 0.3) is 22.6 Å². The van der Waals surface area contributed by atoms with Crippen LogP contribution < -0.4 is 0 Å². The first-order valence-electron chi connectivity index (χ1n) is 8.90. The number of benzene rings is 1. The van der Waals surface area contributed by atoms with Crippen molar-refractivity contribution in [3.63, 3.8) is 0 Å². The molecule has 3 aromatic heterocycles. The summed E-state index contributed by atoms with van der Waals surface area (Å²) in [4.78, 5) is 13.0. The maximum absolute atomic E-state index is 13.1. The number of hydrogen-bond acceptors (Lipinski definition) is 6. The molecule has 0 aliphatic carbocycles. The maximum Gasteiger partial charge on any atom is 0.416 e. The molecular weight excluding hydrogens is 403 g/mol. The van der Waals surface area contributed by atoms with Gasteiger partial charge in [-0.25, -0.2) is 4.98 Å². The number of nitrogens with zero attached hydrogens (tertiary/aromatic N) is 5. The van der Waals surface area contributed by atoms with Crippen LogP contribution in [0.15, 0.2) is 52.3 Å². The molecule has 0 atom stereocenters. The number of halogens is 3. The summed E-state index contributed by atoms with van der Waals surface area (Å²) in [6, 6.07) is 9.00. The zero-order valence-electron chi connectivity index (χ0n) is 15.3. The SMILES string of the molecule is CCCn1c(SCc2nc(-c3ccccn3)no2)nc2ccc(C(F)(F)F)cc21. The van der Waals surface area contributed by atoms with Crippen molar-refractivity contribution in [1.29, 1.82) is 0 Å². The van der Waals surface area contributed by atoms with Gasteiger partial charge >= 0.3 is 6.18 Å². The van der Waals surface area contributed by atoms with Crippen LogP contribution in [0.4, 0.5) is 13.2 Å². The Kier molecular flexibility index (Phi) is 5.27. The van der Waals surface area contributed by atoms with Gasteiger partial charge in [-0.05, 0) is 36.8 Å². The van der Waals surface area contributed by atoms with Gasteiger partial charge in [-0.2, -0.15) is 18.2 Å². The molecule has 4 aromatic rings. The Bertz CT molecular complexity index is 1120. The number of hydrogen-bond donors (Lipinski definition) is 0. The maximum atomic E-state index is 13.1. The molecule has 29 heavy (non-hydrogen) atoms. The third-order valence-corrected chi connectivity index (χ3v) is 5.14. The molecule has 150 valence electrons. The van der Waals surface area contributed by atoms with E-state index >= 15 is 0 Å². The second kappa shape index (κ2) is 7.86. The van der Waals surface area contributed by atoms with Gasteiger partial charge in [-0.1, -0.05) is 29.9 Å². The highest BCUT2D eigenvalue weighted by Gasteiger charge is 2.31. The Morgan fingerprint density at radius 3 is 2.72 bits per heavy atom. The number of rotatable bonds is 6. The molecule has 10 heteroatoms. The summed E-state index contributed by atoms with van der Waals surface area (Å²) in [6.45, 7) is 2.52. The van der Waals surface area contributed by atoms with Crippen LogP contribution in [0.2, 0.25) is 0 Å². The first-order chi connectivity index (χ1) is 14.0. The smallest absolute Gasteiger partial charge is 0.338 e. The molecule has 4 rings (SSSR count). The number of imidazole rings is 1. The summed E-state index contributed by atoms with van der Waals surface area (Å²) >= 11 is 1.34. The molecule has 3 heterocycles. The van der Waals surface area contributed by atoms with Gasteiger partial charge in [-0.3, -0.25) is 4.98 Å². The molecule has 6 nitrogen and oxygen atoms in total. The summed E-state index contributed by atoms with van der Waals surface area (Å²) in [6.07, 6.45) is -1.99. The summed E-state index contributed by atoms with van der Waals surface area (Å²) in [5.74, 6) is 1.12. The van der Waals surface area contributed by atoms with Crippen molar-refractivity contribution in [2.75, 3.05) is 0 Å². The quantitative estimate of drug-likeness (QED) is 0.400. The fraction of sp³-hybridized carbons (Fsp3) is 0.263. The highest BCUT2D eigenvalue weighted by Crippen LogP contribution is 2.33. The van der Waals surface area contributed by atoms with E-state index < -0.39 is 11.7 Å². The first-order valence-corrected chi connectivity index (χ1v) is 9.88. The van der Waals surface area contributed by atoms with Gasteiger partial charge in [0.15, 0.2) is 5.16 Å². The van der Waals surface area contributed by atoms with E-state index in [2.05, 4.69) is 20.1 Å². The van der Waals surface area contributed by atoms with Crippen molar-refractivity contribution in [2.24, 2.45) is 0 Å². The molecule has 0 saturated heterocycles. The average Bonchev–Trinajstić information content (AvgIpc) is 3.31. The van der Waals surface area contributed by atoms with Crippen molar-refractivity contribution < 1.29 is 17.7 Å². The van der Waals surface area contributed by atoms with Crippen LogP contribution in [-0.4, -0.2) is 24.7 Å². The first kappa shape index (κ1) is 19.4. The van der Waals surface area contributed by atoms with E-state index in [9.17, 15) is 13.2 Å². The minimum Gasteiger partial charge on any atom is -0.338 e. The molecule has 0 fully saturated rings. The predicted octanol–water partition coefficient (Wildman–Crippen LogP) is 5.20. The molecule has 0 radical (unpaired) electrons. The zero-order chi connectivity index (χ0) is 20.4. The highest BCUT2D eigenvalue weighted by atomic mass is 32.2. The standard InChI is InChI=1S/C19H16F3N5OS/c1-2-9-27-15-10-12(19(20,21)22)6-7-13(15)24-18(27)29-11-16-25-17(26-28-16)14-5-3-4-8-23-14/h3-8,10H,2,9,11H2,1H3. The molecule has 0 aliphatic heterocycles. The Balaban J connectivity index is 1.59. The van der Waals surface area contributed by atoms with Crippen molar-refractivity contribution >= 4 is 22.8 Å². The summed E-state index contributed by atoms with van der Waals surface area (Å²) in [5.41, 5.74) is 0.902. The lowest BCUT2D eigenvalue weighted by atomic mass is 10.2. The molecular formula is C19H16F3N5OS. The second-order valence-electron chi connectivity index (χ2n) is 6.26. The molecule has 0 N–H and O–H groups in total.